The van der Waals surface area contributed by atoms with E-state index in [1.54, 1.807) is 42.5 Å². The van der Waals surface area contributed by atoms with Gasteiger partial charge in [0, 0.05) is 24.2 Å². The molecule has 0 aliphatic carbocycles. The average molecular weight is 510 g/mol. The molecule has 6 nitrogen and oxygen atoms in total. The van der Waals surface area contributed by atoms with Gasteiger partial charge in [0.1, 0.15) is 5.75 Å². The van der Waals surface area contributed by atoms with Crippen LogP contribution in [0, 0.1) is 0 Å². The summed E-state index contributed by atoms with van der Waals surface area (Å²) in [6.07, 6.45) is 0.733. The first-order valence-corrected chi connectivity index (χ1v) is 12.3. The molecule has 4 aromatic carbocycles. The van der Waals surface area contributed by atoms with Crippen molar-refractivity contribution in [1.29, 1.82) is 0 Å². The van der Waals surface area contributed by atoms with Gasteiger partial charge in [0.05, 0.1) is 12.2 Å². The van der Waals surface area contributed by atoms with E-state index in [0.717, 1.165) is 17.5 Å². The molecule has 0 aliphatic rings. The lowest BCUT2D eigenvalue weighted by molar-refractivity contribution is 0.0948. The normalized spacial score (nSPS) is 10.3. The molecule has 2 amide bonds. The van der Waals surface area contributed by atoms with Crippen molar-refractivity contribution in [2.24, 2.45) is 0 Å². The summed E-state index contributed by atoms with van der Waals surface area (Å²) in [5.41, 5.74) is 3.76. The molecule has 0 atom stereocenters. The van der Waals surface area contributed by atoms with Crippen LogP contribution in [0.3, 0.4) is 0 Å². The van der Waals surface area contributed by atoms with Gasteiger partial charge in [0.15, 0.2) is 5.11 Å². The maximum atomic E-state index is 12.9. The molecule has 0 spiro atoms. The van der Waals surface area contributed by atoms with E-state index in [1.807, 2.05) is 66.7 Å². The van der Waals surface area contributed by atoms with Crippen molar-refractivity contribution in [1.82, 2.24) is 10.6 Å². The highest BCUT2D eigenvalue weighted by molar-refractivity contribution is 7.80. The van der Waals surface area contributed by atoms with Gasteiger partial charge in [0.25, 0.3) is 11.8 Å². The summed E-state index contributed by atoms with van der Waals surface area (Å²) in [5.74, 6) is -0.0514. The summed E-state index contributed by atoms with van der Waals surface area (Å²) >= 11 is 5.32. The van der Waals surface area contributed by atoms with Crippen LogP contribution in [0.15, 0.2) is 109 Å². The first kappa shape index (κ1) is 25.6. The SMILES string of the molecule is O=C(NCc1ccccc1)c1ccc(NC(=S)NC(=O)c2ccccc2OCCc2ccccc2)cc1. The number of carbonyl (C=O) groups is 2. The van der Waals surface area contributed by atoms with E-state index in [2.05, 4.69) is 16.0 Å². The lowest BCUT2D eigenvalue weighted by Gasteiger charge is -2.13. The minimum atomic E-state index is -0.371. The maximum absolute atomic E-state index is 12.9. The molecule has 4 rings (SSSR count). The van der Waals surface area contributed by atoms with E-state index < -0.39 is 0 Å². The molecule has 0 unspecified atom stereocenters. The number of ether oxygens (including phenoxy) is 1. The van der Waals surface area contributed by atoms with E-state index in [4.69, 9.17) is 17.0 Å². The van der Waals surface area contributed by atoms with Crippen LogP contribution in [0.4, 0.5) is 5.69 Å². The van der Waals surface area contributed by atoms with Crippen LogP contribution in [0.1, 0.15) is 31.8 Å². The molecule has 0 aliphatic heterocycles. The molecule has 0 saturated carbocycles. The predicted molar refractivity (Wildman–Crippen MR) is 150 cm³/mol. The fraction of sp³-hybridized carbons (Fsp3) is 0.100. The van der Waals surface area contributed by atoms with E-state index in [-0.39, 0.29) is 16.9 Å². The number of thiocarbonyl (C=S) groups is 1. The Hall–Kier alpha value is -4.49. The Balaban J connectivity index is 1.28. The molecule has 0 heterocycles. The van der Waals surface area contributed by atoms with Crippen molar-refractivity contribution in [3.05, 3.63) is 131 Å². The average Bonchev–Trinajstić information content (AvgIpc) is 2.93. The van der Waals surface area contributed by atoms with Gasteiger partial charge in [-0.05, 0) is 59.7 Å². The molecular weight excluding hydrogens is 482 g/mol. The summed E-state index contributed by atoms with van der Waals surface area (Å²) in [4.78, 5) is 25.3. The number of rotatable bonds is 9. The monoisotopic (exact) mass is 509 g/mol. The van der Waals surface area contributed by atoms with Crippen LogP contribution in [-0.4, -0.2) is 23.5 Å². The second-order valence-corrected chi connectivity index (χ2v) is 8.64. The number of nitrogens with one attached hydrogen (secondary N) is 3. The summed E-state index contributed by atoms with van der Waals surface area (Å²) in [6, 6.07) is 33.6. The molecule has 0 bridgehead atoms. The fourth-order valence-electron chi connectivity index (χ4n) is 3.62. The van der Waals surface area contributed by atoms with Crippen molar-refractivity contribution < 1.29 is 14.3 Å². The zero-order valence-corrected chi connectivity index (χ0v) is 21.0. The number of amides is 2. The third-order valence-corrected chi connectivity index (χ3v) is 5.75. The van der Waals surface area contributed by atoms with Crippen molar-refractivity contribution in [2.75, 3.05) is 11.9 Å². The van der Waals surface area contributed by atoms with Crippen LogP contribution < -0.4 is 20.7 Å². The highest BCUT2D eigenvalue weighted by atomic mass is 32.1. The predicted octanol–water partition coefficient (Wildman–Crippen LogP) is 5.36. The highest BCUT2D eigenvalue weighted by Crippen LogP contribution is 2.18. The smallest absolute Gasteiger partial charge is 0.261 e. The van der Waals surface area contributed by atoms with Crippen molar-refractivity contribution in [3.63, 3.8) is 0 Å². The number of anilines is 1. The number of hydrogen-bond acceptors (Lipinski definition) is 4. The number of para-hydroxylation sites is 1. The Labute approximate surface area is 221 Å². The summed E-state index contributed by atoms with van der Waals surface area (Å²) in [6.45, 7) is 0.898. The highest BCUT2D eigenvalue weighted by Gasteiger charge is 2.14. The molecule has 0 saturated heterocycles. The molecule has 37 heavy (non-hydrogen) atoms. The Kier molecular flexibility index (Phi) is 8.99. The zero-order chi connectivity index (χ0) is 25.9. The summed E-state index contributed by atoms with van der Waals surface area (Å²) in [7, 11) is 0. The Bertz CT molecular complexity index is 1340. The zero-order valence-electron chi connectivity index (χ0n) is 20.1. The van der Waals surface area contributed by atoms with Crippen LogP contribution in [0.2, 0.25) is 0 Å². The molecule has 7 heteroatoms. The van der Waals surface area contributed by atoms with Gasteiger partial charge in [0.2, 0.25) is 0 Å². The van der Waals surface area contributed by atoms with Crippen LogP contribution in [0.5, 0.6) is 5.75 Å². The molecule has 3 N–H and O–H groups in total. The van der Waals surface area contributed by atoms with Gasteiger partial charge in [-0.3, -0.25) is 14.9 Å². The number of benzene rings is 4. The first-order chi connectivity index (χ1) is 18.1. The van der Waals surface area contributed by atoms with Gasteiger partial charge < -0.3 is 15.4 Å². The van der Waals surface area contributed by atoms with Gasteiger partial charge in [-0.2, -0.15) is 0 Å². The lowest BCUT2D eigenvalue weighted by atomic mass is 10.1. The van der Waals surface area contributed by atoms with Crippen molar-refractivity contribution in [3.8, 4) is 5.75 Å². The van der Waals surface area contributed by atoms with E-state index >= 15 is 0 Å². The fourth-order valence-corrected chi connectivity index (χ4v) is 3.83. The maximum Gasteiger partial charge on any atom is 0.261 e. The van der Waals surface area contributed by atoms with Gasteiger partial charge in [-0.15, -0.1) is 0 Å². The molecule has 0 radical (unpaired) electrons. The summed E-state index contributed by atoms with van der Waals surface area (Å²) < 4.78 is 5.88. The van der Waals surface area contributed by atoms with E-state index in [9.17, 15) is 9.59 Å². The number of hydrogen-bond donors (Lipinski definition) is 3. The van der Waals surface area contributed by atoms with Crippen LogP contribution >= 0.6 is 12.2 Å². The van der Waals surface area contributed by atoms with Gasteiger partial charge in [-0.25, -0.2) is 0 Å². The Morgan fingerprint density at radius 3 is 2.03 bits per heavy atom. The van der Waals surface area contributed by atoms with Crippen molar-refractivity contribution >= 4 is 34.8 Å². The quantitative estimate of drug-likeness (QED) is 0.265. The van der Waals surface area contributed by atoms with E-state index in [1.165, 1.54) is 0 Å². The molecular formula is C30H27N3O3S. The second kappa shape index (κ2) is 13.0. The number of carbonyl (C=O) groups excluding carboxylic acids is 2. The lowest BCUT2D eigenvalue weighted by Crippen LogP contribution is -2.34. The van der Waals surface area contributed by atoms with Crippen LogP contribution in [0.25, 0.3) is 0 Å². The molecule has 0 fully saturated rings. The molecule has 4 aromatic rings. The third kappa shape index (κ3) is 7.75. The van der Waals surface area contributed by atoms with Gasteiger partial charge >= 0.3 is 0 Å². The van der Waals surface area contributed by atoms with Crippen LogP contribution in [-0.2, 0) is 13.0 Å². The van der Waals surface area contributed by atoms with E-state index in [0.29, 0.717) is 35.7 Å². The largest absolute Gasteiger partial charge is 0.492 e. The third-order valence-electron chi connectivity index (χ3n) is 5.55. The second-order valence-electron chi connectivity index (χ2n) is 8.23. The Morgan fingerprint density at radius 1 is 0.703 bits per heavy atom. The minimum absolute atomic E-state index is 0.144. The van der Waals surface area contributed by atoms with Gasteiger partial charge in [-0.1, -0.05) is 72.8 Å². The van der Waals surface area contributed by atoms with Crippen molar-refractivity contribution in [2.45, 2.75) is 13.0 Å². The topological polar surface area (TPSA) is 79.5 Å². The molecule has 186 valence electrons. The summed E-state index contributed by atoms with van der Waals surface area (Å²) in [5, 5.41) is 8.71. The Morgan fingerprint density at radius 2 is 1.32 bits per heavy atom. The standard InChI is InChI=1S/C30H27N3O3S/c34-28(31-21-23-11-5-2-6-12-23)24-15-17-25(18-16-24)32-30(37)33-29(35)26-13-7-8-14-27(26)36-20-19-22-9-3-1-4-10-22/h1-18H,19-21H2,(H,31,34)(H2,32,33,35,37). The minimum Gasteiger partial charge on any atom is -0.492 e. The molecule has 0 aromatic heterocycles. The first-order valence-electron chi connectivity index (χ1n) is 11.9.